The molecular formula is C9H17. The molecule has 1 aliphatic rings. The van der Waals surface area contributed by atoms with Crippen LogP contribution >= 0.6 is 0 Å². The summed E-state index contributed by atoms with van der Waals surface area (Å²) in [6.07, 6.45) is 8.05. The molecule has 1 rings (SSSR count). The predicted octanol–water partition coefficient (Wildman–Crippen LogP) is 3.04. The first-order chi connectivity index (χ1) is 4.33. The van der Waals surface area contributed by atoms with Crippen molar-refractivity contribution in [2.75, 3.05) is 0 Å². The summed E-state index contributed by atoms with van der Waals surface area (Å²) in [5.74, 6) is 1.98. The lowest BCUT2D eigenvalue weighted by molar-refractivity contribution is 0.464. The molecule has 0 heterocycles. The van der Waals surface area contributed by atoms with Crippen LogP contribution in [0.1, 0.15) is 39.5 Å². The predicted molar refractivity (Wildman–Crippen MR) is 41.1 cm³/mol. The summed E-state index contributed by atoms with van der Waals surface area (Å²) >= 11 is 0. The van der Waals surface area contributed by atoms with Crippen LogP contribution in [0.5, 0.6) is 0 Å². The molecular weight excluding hydrogens is 108 g/mol. The van der Waals surface area contributed by atoms with E-state index in [2.05, 4.69) is 20.3 Å². The molecule has 0 aromatic heterocycles. The van der Waals surface area contributed by atoms with Crippen LogP contribution < -0.4 is 0 Å². The van der Waals surface area contributed by atoms with Gasteiger partial charge >= 0.3 is 0 Å². The smallest absolute Gasteiger partial charge is 0.0352 e. The topological polar surface area (TPSA) is 0 Å². The number of hydrogen-bond acceptors (Lipinski definition) is 0. The molecule has 1 fully saturated rings. The Labute approximate surface area is 58.7 Å². The molecule has 0 saturated heterocycles. The lowest BCUT2D eigenvalue weighted by atomic mass is 10.00. The second-order valence-electron chi connectivity index (χ2n) is 3.36. The summed E-state index contributed by atoms with van der Waals surface area (Å²) in [6.45, 7) is 4.64. The van der Waals surface area contributed by atoms with Gasteiger partial charge in [-0.2, -0.15) is 0 Å². The molecule has 0 heteroatoms. The van der Waals surface area contributed by atoms with Gasteiger partial charge in [0.25, 0.3) is 0 Å². The highest BCUT2D eigenvalue weighted by molar-refractivity contribution is 4.94. The summed E-state index contributed by atoms with van der Waals surface area (Å²) in [6, 6.07) is 0. The summed E-state index contributed by atoms with van der Waals surface area (Å²) in [7, 11) is 0. The van der Waals surface area contributed by atoms with E-state index in [-0.39, 0.29) is 0 Å². The van der Waals surface area contributed by atoms with Gasteiger partial charge in [-0.3, -0.25) is 0 Å². The summed E-state index contributed by atoms with van der Waals surface area (Å²) in [5.41, 5.74) is 0. The minimum Gasteiger partial charge on any atom is -0.0654 e. The van der Waals surface area contributed by atoms with Crippen LogP contribution in [0.4, 0.5) is 0 Å². The van der Waals surface area contributed by atoms with Crippen LogP contribution in [-0.2, 0) is 0 Å². The highest BCUT2D eigenvalue weighted by Gasteiger charge is 2.23. The van der Waals surface area contributed by atoms with Crippen LogP contribution in [0.15, 0.2) is 0 Å². The van der Waals surface area contributed by atoms with Crippen LogP contribution in [0.3, 0.4) is 0 Å². The van der Waals surface area contributed by atoms with Crippen molar-refractivity contribution >= 4 is 0 Å². The van der Waals surface area contributed by atoms with E-state index in [1.165, 1.54) is 25.7 Å². The van der Waals surface area contributed by atoms with Crippen molar-refractivity contribution in [1.82, 2.24) is 0 Å². The summed E-state index contributed by atoms with van der Waals surface area (Å²) < 4.78 is 0. The minimum atomic E-state index is 0.971. The molecule has 53 valence electrons. The van der Waals surface area contributed by atoms with E-state index in [9.17, 15) is 0 Å². The molecule has 0 nitrogen and oxygen atoms in total. The van der Waals surface area contributed by atoms with Crippen molar-refractivity contribution in [2.24, 2.45) is 11.8 Å². The molecule has 9 heavy (non-hydrogen) atoms. The Morgan fingerprint density at radius 3 is 2.78 bits per heavy atom. The maximum atomic E-state index is 2.42. The molecule has 0 spiro atoms. The fraction of sp³-hybridized carbons (Fsp3) is 0.889. The van der Waals surface area contributed by atoms with E-state index < -0.39 is 0 Å². The molecule has 2 atom stereocenters. The standard InChI is InChI=1S/C9H17/c1-3-4-8(2)7-9-5-6-9/h5,8-9H,3-4,6-7H2,1-2H3. The Morgan fingerprint density at radius 2 is 2.33 bits per heavy atom. The van der Waals surface area contributed by atoms with E-state index in [1.54, 1.807) is 0 Å². The Balaban J connectivity index is 1.95. The van der Waals surface area contributed by atoms with Gasteiger partial charge < -0.3 is 0 Å². The first kappa shape index (κ1) is 7.11. The van der Waals surface area contributed by atoms with E-state index in [0.717, 1.165) is 11.8 Å². The normalized spacial score (nSPS) is 22.0. The Kier molecular flexibility index (Phi) is 2.56. The number of hydrogen-bond donors (Lipinski definition) is 0. The monoisotopic (exact) mass is 125 g/mol. The maximum Gasteiger partial charge on any atom is -0.0352 e. The van der Waals surface area contributed by atoms with Crippen molar-refractivity contribution in [3.05, 3.63) is 6.42 Å². The second kappa shape index (κ2) is 3.24. The fourth-order valence-corrected chi connectivity index (χ4v) is 1.42. The van der Waals surface area contributed by atoms with E-state index in [1.807, 2.05) is 0 Å². The van der Waals surface area contributed by atoms with Gasteiger partial charge in [-0.1, -0.05) is 26.7 Å². The van der Waals surface area contributed by atoms with Gasteiger partial charge in [0.15, 0.2) is 0 Å². The van der Waals surface area contributed by atoms with Crippen molar-refractivity contribution in [3.8, 4) is 0 Å². The van der Waals surface area contributed by atoms with Crippen LogP contribution in [0.25, 0.3) is 0 Å². The molecule has 0 bridgehead atoms. The minimum absolute atomic E-state index is 0.971. The van der Waals surface area contributed by atoms with Crippen molar-refractivity contribution in [3.63, 3.8) is 0 Å². The Hall–Kier alpha value is 0. The largest absolute Gasteiger partial charge is 0.0654 e. The zero-order valence-electron chi connectivity index (χ0n) is 6.56. The van der Waals surface area contributed by atoms with Crippen molar-refractivity contribution in [1.29, 1.82) is 0 Å². The zero-order valence-corrected chi connectivity index (χ0v) is 6.56. The molecule has 1 saturated carbocycles. The van der Waals surface area contributed by atoms with E-state index >= 15 is 0 Å². The SMILES string of the molecule is CCCC(C)CC1[CH]C1. The highest BCUT2D eigenvalue weighted by atomic mass is 14.3. The highest BCUT2D eigenvalue weighted by Crippen LogP contribution is 2.34. The van der Waals surface area contributed by atoms with Gasteiger partial charge in [0.05, 0.1) is 0 Å². The van der Waals surface area contributed by atoms with Gasteiger partial charge in [-0.25, -0.2) is 0 Å². The van der Waals surface area contributed by atoms with Gasteiger partial charge in [0, 0.05) is 0 Å². The van der Waals surface area contributed by atoms with Crippen molar-refractivity contribution in [2.45, 2.75) is 39.5 Å². The fourth-order valence-electron chi connectivity index (χ4n) is 1.42. The van der Waals surface area contributed by atoms with E-state index in [4.69, 9.17) is 0 Å². The molecule has 1 radical (unpaired) electrons. The van der Waals surface area contributed by atoms with Gasteiger partial charge in [0.1, 0.15) is 0 Å². The third-order valence-electron chi connectivity index (χ3n) is 2.06. The summed E-state index contributed by atoms with van der Waals surface area (Å²) in [4.78, 5) is 0. The average molecular weight is 125 g/mol. The zero-order chi connectivity index (χ0) is 6.69. The molecule has 0 aliphatic heterocycles. The lowest BCUT2D eigenvalue weighted by Gasteiger charge is -2.06. The molecule has 2 unspecified atom stereocenters. The quantitative estimate of drug-likeness (QED) is 0.541. The molecule has 1 aliphatic carbocycles. The summed E-state index contributed by atoms with van der Waals surface area (Å²) in [5, 5.41) is 0. The first-order valence-electron chi connectivity index (χ1n) is 4.16. The van der Waals surface area contributed by atoms with Gasteiger partial charge in [0.2, 0.25) is 0 Å². The first-order valence-corrected chi connectivity index (χ1v) is 4.16. The Morgan fingerprint density at radius 1 is 1.67 bits per heavy atom. The second-order valence-corrected chi connectivity index (χ2v) is 3.36. The van der Waals surface area contributed by atoms with Gasteiger partial charge in [-0.05, 0) is 31.1 Å². The van der Waals surface area contributed by atoms with E-state index in [0.29, 0.717) is 0 Å². The van der Waals surface area contributed by atoms with Crippen LogP contribution in [0.2, 0.25) is 0 Å². The lowest BCUT2D eigenvalue weighted by Crippen LogP contribution is -1.94. The Bertz CT molecular complexity index is 72.1. The maximum absolute atomic E-state index is 2.42. The van der Waals surface area contributed by atoms with Crippen LogP contribution in [-0.4, -0.2) is 0 Å². The average Bonchev–Trinajstić information content (AvgIpc) is 2.50. The van der Waals surface area contributed by atoms with Crippen molar-refractivity contribution < 1.29 is 0 Å². The third kappa shape index (κ3) is 2.88. The third-order valence-corrected chi connectivity index (χ3v) is 2.06. The van der Waals surface area contributed by atoms with Gasteiger partial charge in [-0.15, -0.1) is 0 Å². The molecule has 0 N–H and O–H groups in total. The van der Waals surface area contributed by atoms with Crippen LogP contribution in [0, 0.1) is 18.3 Å². The molecule has 0 aromatic rings. The number of rotatable bonds is 4. The molecule has 0 aromatic carbocycles. The molecule has 0 amide bonds.